The number of rotatable bonds is 6. The highest BCUT2D eigenvalue weighted by atomic mass is 32.2. The Balaban J connectivity index is 2.49. The van der Waals surface area contributed by atoms with Crippen LogP contribution >= 0.6 is 0 Å². The van der Waals surface area contributed by atoms with Crippen molar-refractivity contribution in [1.29, 1.82) is 0 Å². The molecule has 15 heavy (non-hydrogen) atoms. The molecule has 0 spiro atoms. The van der Waals surface area contributed by atoms with Gasteiger partial charge in [-0.1, -0.05) is 12.1 Å². The Labute approximate surface area is 89.0 Å². The van der Waals surface area contributed by atoms with Crippen molar-refractivity contribution in [3.8, 4) is 0 Å². The number of nitrogens with zero attached hydrogens (tertiary/aromatic N) is 2. The van der Waals surface area contributed by atoms with E-state index in [2.05, 4.69) is 15.5 Å². The van der Waals surface area contributed by atoms with E-state index in [4.69, 9.17) is 4.52 Å². The van der Waals surface area contributed by atoms with Crippen LogP contribution in [0.15, 0.2) is 4.52 Å². The van der Waals surface area contributed by atoms with Crippen molar-refractivity contribution in [2.24, 2.45) is 0 Å². The molecule has 0 aliphatic heterocycles. The molecular formula is C8H15N3O3S. The van der Waals surface area contributed by atoms with Crippen LogP contribution in [-0.2, 0) is 22.0 Å². The summed E-state index contributed by atoms with van der Waals surface area (Å²) in [5, 5.41) is 6.70. The molecule has 0 aliphatic rings. The number of likely N-dealkylation sites (N-methyl/N-ethyl adjacent to an activating group) is 1. The van der Waals surface area contributed by atoms with E-state index in [-0.39, 0.29) is 11.6 Å². The minimum Gasteiger partial charge on any atom is -0.339 e. The number of nitrogens with one attached hydrogen (secondary N) is 1. The van der Waals surface area contributed by atoms with Crippen molar-refractivity contribution in [3.63, 3.8) is 0 Å². The van der Waals surface area contributed by atoms with E-state index >= 15 is 0 Å². The molecular weight excluding hydrogens is 218 g/mol. The third kappa shape index (κ3) is 4.89. The molecule has 0 radical (unpaired) electrons. The van der Waals surface area contributed by atoms with Crippen molar-refractivity contribution in [3.05, 3.63) is 11.7 Å². The highest BCUT2D eigenvalue weighted by Gasteiger charge is 2.11. The molecule has 0 amide bonds. The first-order valence-corrected chi connectivity index (χ1v) is 6.77. The van der Waals surface area contributed by atoms with Crippen LogP contribution in [0.4, 0.5) is 0 Å². The molecule has 0 bridgehead atoms. The van der Waals surface area contributed by atoms with Gasteiger partial charge in [0, 0.05) is 19.2 Å². The smallest absolute Gasteiger partial charge is 0.227 e. The number of sulfone groups is 1. The number of hydrogen-bond acceptors (Lipinski definition) is 6. The van der Waals surface area contributed by atoms with E-state index in [0.717, 1.165) is 19.3 Å². The zero-order valence-electron chi connectivity index (χ0n) is 8.86. The van der Waals surface area contributed by atoms with Crippen molar-refractivity contribution in [2.75, 3.05) is 19.3 Å². The Morgan fingerprint density at radius 3 is 2.80 bits per heavy atom. The molecule has 7 heteroatoms. The molecule has 1 aromatic rings. The summed E-state index contributed by atoms with van der Waals surface area (Å²) in [5.74, 6) is 0.524. The number of aromatic nitrogens is 2. The fourth-order valence-electron chi connectivity index (χ4n) is 1.06. The summed E-state index contributed by atoms with van der Waals surface area (Å²) in [6.07, 6.45) is 1.76. The normalized spacial score (nSPS) is 11.9. The first kappa shape index (κ1) is 12.1. The van der Waals surface area contributed by atoms with Gasteiger partial charge in [-0.2, -0.15) is 4.98 Å². The molecule has 1 aromatic heterocycles. The standard InChI is InChI=1S/C8H15N3O3S/c1-3-9-5-4-8-10-7(11-14-8)6-15(2,12)13/h9H,3-6H2,1-2H3. The Morgan fingerprint density at radius 2 is 2.20 bits per heavy atom. The lowest BCUT2D eigenvalue weighted by atomic mass is 10.4. The van der Waals surface area contributed by atoms with Gasteiger partial charge in [0.1, 0.15) is 5.75 Å². The molecule has 86 valence electrons. The second kappa shape index (κ2) is 5.22. The average Bonchev–Trinajstić information content (AvgIpc) is 2.50. The maximum absolute atomic E-state index is 10.9. The van der Waals surface area contributed by atoms with Gasteiger partial charge in [-0.25, -0.2) is 8.42 Å². The van der Waals surface area contributed by atoms with Crippen molar-refractivity contribution in [1.82, 2.24) is 15.5 Å². The Morgan fingerprint density at radius 1 is 1.47 bits per heavy atom. The molecule has 0 saturated heterocycles. The molecule has 0 atom stereocenters. The van der Waals surface area contributed by atoms with Crippen LogP contribution in [0.5, 0.6) is 0 Å². The monoisotopic (exact) mass is 233 g/mol. The molecule has 0 aliphatic carbocycles. The lowest BCUT2D eigenvalue weighted by Gasteiger charge is -1.95. The van der Waals surface area contributed by atoms with Crippen LogP contribution in [-0.4, -0.2) is 37.9 Å². The van der Waals surface area contributed by atoms with Gasteiger partial charge < -0.3 is 9.84 Å². The summed E-state index contributed by atoms with van der Waals surface area (Å²) in [6, 6.07) is 0. The third-order valence-electron chi connectivity index (χ3n) is 1.67. The van der Waals surface area contributed by atoms with Crippen molar-refractivity contribution < 1.29 is 12.9 Å². The maximum Gasteiger partial charge on any atom is 0.227 e. The quantitative estimate of drug-likeness (QED) is 0.683. The summed E-state index contributed by atoms with van der Waals surface area (Å²) in [5.41, 5.74) is 0. The highest BCUT2D eigenvalue weighted by Crippen LogP contribution is 2.01. The first-order valence-electron chi connectivity index (χ1n) is 4.71. The third-order valence-corrected chi connectivity index (χ3v) is 2.45. The fraction of sp³-hybridized carbons (Fsp3) is 0.750. The van der Waals surface area contributed by atoms with Gasteiger partial charge in [-0.3, -0.25) is 0 Å². The Bertz CT molecular complexity index is 399. The Hall–Kier alpha value is -0.950. The second-order valence-electron chi connectivity index (χ2n) is 3.28. The molecule has 1 heterocycles. The summed E-state index contributed by atoms with van der Waals surface area (Å²) < 4.78 is 26.8. The fourth-order valence-corrected chi connectivity index (χ4v) is 1.64. The van der Waals surface area contributed by atoms with Crippen molar-refractivity contribution >= 4 is 9.84 Å². The highest BCUT2D eigenvalue weighted by molar-refractivity contribution is 7.89. The van der Waals surface area contributed by atoms with E-state index < -0.39 is 9.84 Å². The second-order valence-corrected chi connectivity index (χ2v) is 5.42. The lowest BCUT2D eigenvalue weighted by Crippen LogP contribution is -2.16. The van der Waals surface area contributed by atoms with Gasteiger partial charge in [0.05, 0.1) is 0 Å². The summed E-state index contributed by atoms with van der Waals surface area (Å²) in [6.45, 7) is 3.63. The minimum absolute atomic E-state index is 0.169. The Kier molecular flexibility index (Phi) is 4.22. The van der Waals surface area contributed by atoms with E-state index in [1.807, 2.05) is 6.92 Å². The molecule has 0 fully saturated rings. The predicted octanol–water partition coefficient (Wildman–Crippen LogP) is -0.234. The van der Waals surface area contributed by atoms with E-state index in [1.54, 1.807) is 0 Å². The molecule has 0 unspecified atom stereocenters. The molecule has 1 rings (SSSR count). The average molecular weight is 233 g/mol. The van der Waals surface area contributed by atoms with Crippen LogP contribution in [0.25, 0.3) is 0 Å². The summed E-state index contributed by atoms with van der Waals surface area (Å²) in [7, 11) is -3.09. The van der Waals surface area contributed by atoms with Gasteiger partial charge in [0.2, 0.25) is 5.89 Å². The van der Waals surface area contributed by atoms with Gasteiger partial charge >= 0.3 is 0 Å². The zero-order valence-corrected chi connectivity index (χ0v) is 9.67. The van der Waals surface area contributed by atoms with Gasteiger partial charge in [-0.15, -0.1) is 0 Å². The van der Waals surface area contributed by atoms with Gasteiger partial charge in [0.15, 0.2) is 15.7 Å². The predicted molar refractivity (Wildman–Crippen MR) is 55.1 cm³/mol. The van der Waals surface area contributed by atoms with Crippen LogP contribution in [0.3, 0.4) is 0 Å². The minimum atomic E-state index is -3.09. The van der Waals surface area contributed by atoms with Gasteiger partial charge in [-0.05, 0) is 6.54 Å². The van der Waals surface area contributed by atoms with Crippen LogP contribution in [0, 0.1) is 0 Å². The summed E-state index contributed by atoms with van der Waals surface area (Å²) in [4.78, 5) is 3.97. The largest absolute Gasteiger partial charge is 0.339 e. The lowest BCUT2D eigenvalue weighted by molar-refractivity contribution is 0.372. The van der Waals surface area contributed by atoms with Gasteiger partial charge in [0.25, 0.3) is 0 Å². The van der Waals surface area contributed by atoms with E-state index in [9.17, 15) is 8.42 Å². The zero-order chi connectivity index (χ0) is 11.3. The van der Waals surface area contributed by atoms with Crippen LogP contribution in [0.1, 0.15) is 18.6 Å². The molecule has 0 saturated carbocycles. The van der Waals surface area contributed by atoms with Crippen LogP contribution < -0.4 is 5.32 Å². The number of hydrogen-bond donors (Lipinski definition) is 1. The molecule has 0 aromatic carbocycles. The summed E-state index contributed by atoms with van der Waals surface area (Å²) >= 11 is 0. The van der Waals surface area contributed by atoms with E-state index in [1.165, 1.54) is 0 Å². The van der Waals surface area contributed by atoms with Crippen LogP contribution in [0.2, 0.25) is 0 Å². The SMILES string of the molecule is CCNCCc1nc(CS(C)(=O)=O)no1. The molecule has 6 nitrogen and oxygen atoms in total. The topological polar surface area (TPSA) is 85.1 Å². The molecule has 1 N–H and O–H groups in total. The first-order chi connectivity index (χ1) is 7.01. The van der Waals surface area contributed by atoms with Crippen molar-refractivity contribution in [2.45, 2.75) is 19.1 Å². The van der Waals surface area contributed by atoms with E-state index in [0.29, 0.717) is 12.3 Å². The maximum atomic E-state index is 10.9.